The summed E-state index contributed by atoms with van der Waals surface area (Å²) in [6.07, 6.45) is 2.04. The molecular formula is C12H14BrN3. The van der Waals surface area contributed by atoms with E-state index >= 15 is 0 Å². The number of halogens is 1. The average molecular weight is 280 g/mol. The molecular weight excluding hydrogens is 266 g/mol. The summed E-state index contributed by atoms with van der Waals surface area (Å²) in [4.78, 5) is 0. The number of hydrogen-bond acceptors (Lipinski definition) is 2. The largest absolute Gasteiger partial charge is 0.380 e. The van der Waals surface area contributed by atoms with Crippen molar-refractivity contribution in [3.63, 3.8) is 0 Å². The lowest BCUT2D eigenvalue weighted by molar-refractivity contribution is 0.756. The van der Waals surface area contributed by atoms with Crippen molar-refractivity contribution in [2.24, 2.45) is 7.05 Å². The first-order valence-electron chi connectivity index (χ1n) is 5.14. The maximum atomic E-state index is 4.31. The smallest absolute Gasteiger partial charge is 0.0643 e. The van der Waals surface area contributed by atoms with Crippen molar-refractivity contribution >= 4 is 21.6 Å². The fraction of sp³-hybridized carbons (Fsp3) is 0.250. The molecule has 16 heavy (non-hydrogen) atoms. The van der Waals surface area contributed by atoms with Crippen LogP contribution in [0.2, 0.25) is 0 Å². The van der Waals surface area contributed by atoms with E-state index in [0.29, 0.717) is 0 Å². The molecule has 1 heterocycles. The van der Waals surface area contributed by atoms with E-state index in [-0.39, 0.29) is 0 Å². The molecule has 84 valence electrons. The van der Waals surface area contributed by atoms with Crippen LogP contribution in [0, 0.1) is 6.92 Å². The first kappa shape index (κ1) is 11.2. The summed E-state index contributed by atoms with van der Waals surface area (Å²) in [5.74, 6) is 0. The van der Waals surface area contributed by atoms with Gasteiger partial charge in [-0.15, -0.1) is 0 Å². The van der Waals surface area contributed by atoms with Gasteiger partial charge in [-0.2, -0.15) is 5.10 Å². The molecule has 0 aliphatic heterocycles. The molecule has 0 bridgehead atoms. The van der Waals surface area contributed by atoms with E-state index in [2.05, 4.69) is 32.4 Å². The van der Waals surface area contributed by atoms with Crippen LogP contribution in [0.25, 0.3) is 0 Å². The molecule has 0 saturated carbocycles. The van der Waals surface area contributed by atoms with Crippen molar-refractivity contribution < 1.29 is 0 Å². The zero-order valence-electron chi connectivity index (χ0n) is 9.37. The molecule has 0 saturated heterocycles. The van der Waals surface area contributed by atoms with Crippen molar-refractivity contribution in [1.29, 1.82) is 0 Å². The second kappa shape index (κ2) is 4.70. The van der Waals surface area contributed by atoms with Crippen LogP contribution in [-0.2, 0) is 13.6 Å². The number of aryl methyl sites for hydroxylation is 2. The predicted molar refractivity (Wildman–Crippen MR) is 69.4 cm³/mol. The minimum absolute atomic E-state index is 0.794. The van der Waals surface area contributed by atoms with E-state index < -0.39 is 0 Å². The molecule has 0 aliphatic carbocycles. The molecule has 4 heteroatoms. The van der Waals surface area contributed by atoms with Crippen LogP contribution in [0.3, 0.4) is 0 Å². The molecule has 1 N–H and O–H groups in total. The summed E-state index contributed by atoms with van der Waals surface area (Å²) < 4.78 is 2.92. The number of nitrogens with one attached hydrogen (secondary N) is 1. The third kappa shape index (κ3) is 2.44. The van der Waals surface area contributed by atoms with E-state index in [9.17, 15) is 0 Å². The Kier molecular flexibility index (Phi) is 3.29. The van der Waals surface area contributed by atoms with Gasteiger partial charge < -0.3 is 5.32 Å². The van der Waals surface area contributed by atoms with Gasteiger partial charge in [-0.25, -0.2) is 0 Å². The highest BCUT2D eigenvalue weighted by Crippen LogP contribution is 2.22. The van der Waals surface area contributed by atoms with Gasteiger partial charge in [0, 0.05) is 35.5 Å². The Balaban J connectivity index is 2.08. The number of nitrogens with zero attached hydrogens (tertiary/aromatic N) is 2. The minimum Gasteiger partial charge on any atom is -0.380 e. The third-order valence-electron chi connectivity index (χ3n) is 2.46. The molecule has 3 nitrogen and oxygen atoms in total. The normalized spacial score (nSPS) is 10.4. The van der Waals surface area contributed by atoms with Crippen LogP contribution < -0.4 is 5.32 Å². The monoisotopic (exact) mass is 279 g/mol. The number of anilines is 1. The highest BCUT2D eigenvalue weighted by molar-refractivity contribution is 9.10. The molecule has 2 rings (SSSR count). The van der Waals surface area contributed by atoms with Crippen molar-refractivity contribution in [3.8, 4) is 0 Å². The van der Waals surface area contributed by atoms with Gasteiger partial charge in [-0.05, 0) is 35.0 Å². The second-order valence-corrected chi connectivity index (χ2v) is 4.60. The van der Waals surface area contributed by atoms with Crippen molar-refractivity contribution in [2.75, 3.05) is 5.32 Å². The summed E-state index contributed by atoms with van der Waals surface area (Å²) in [5, 5.41) is 7.69. The van der Waals surface area contributed by atoms with E-state index in [1.807, 2.05) is 43.0 Å². The maximum absolute atomic E-state index is 4.31. The van der Waals surface area contributed by atoms with Gasteiger partial charge in [0.15, 0.2) is 0 Å². The third-order valence-corrected chi connectivity index (χ3v) is 3.15. The summed E-state index contributed by atoms with van der Waals surface area (Å²) in [6, 6.07) is 8.10. The van der Waals surface area contributed by atoms with Crippen molar-refractivity contribution in [1.82, 2.24) is 9.78 Å². The van der Waals surface area contributed by atoms with Gasteiger partial charge in [0.2, 0.25) is 0 Å². The van der Waals surface area contributed by atoms with Gasteiger partial charge in [-0.1, -0.05) is 12.1 Å². The molecule has 1 aromatic carbocycles. The molecule has 1 aromatic heterocycles. The minimum atomic E-state index is 0.794. The van der Waals surface area contributed by atoms with Crippen LogP contribution in [0.4, 0.5) is 5.69 Å². The van der Waals surface area contributed by atoms with E-state index in [4.69, 9.17) is 0 Å². The summed E-state index contributed by atoms with van der Waals surface area (Å²) in [7, 11) is 1.94. The summed E-state index contributed by atoms with van der Waals surface area (Å²) >= 11 is 3.51. The van der Waals surface area contributed by atoms with E-state index in [1.165, 1.54) is 5.56 Å². The number of rotatable bonds is 3. The maximum Gasteiger partial charge on any atom is 0.0643 e. The number of para-hydroxylation sites is 1. The standard InChI is InChI=1S/C12H14BrN3/c1-9-10(8-16(2)15-9)7-14-12-6-4-3-5-11(12)13/h3-6,8,14H,7H2,1-2H3. The quantitative estimate of drug-likeness (QED) is 0.936. The molecule has 0 fully saturated rings. The molecule has 0 atom stereocenters. The first-order valence-corrected chi connectivity index (χ1v) is 5.93. The Morgan fingerprint density at radius 2 is 2.12 bits per heavy atom. The molecule has 0 amide bonds. The fourth-order valence-corrected chi connectivity index (χ4v) is 2.04. The van der Waals surface area contributed by atoms with Crippen LogP contribution in [-0.4, -0.2) is 9.78 Å². The van der Waals surface area contributed by atoms with Gasteiger partial charge >= 0.3 is 0 Å². The van der Waals surface area contributed by atoms with Crippen LogP contribution >= 0.6 is 15.9 Å². The van der Waals surface area contributed by atoms with E-state index in [1.54, 1.807) is 0 Å². The van der Waals surface area contributed by atoms with Gasteiger partial charge in [0.05, 0.1) is 5.69 Å². The lowest BCUT2D eigenvalue weighted by atomic mass is 10.2. The topological polar surface area (TPSA) is 29.9 Å². The Morgan fingerprint density at radius 3 is 2.75 bits per heavy atom. The second-order valence-electron chi connectivity index (χ2n) is 3.75. The number of hydrogen-bond donors (Lipinski definition) is 1. The zero-order valence-corrected chi connectivity index (χ0v) is 11.0. The Morgan fingerprint density at radius 1 is 1.38 bits per heavy atom. The van der Waals surface area contributed by atoms with Gasteiger partial charge in [0.1, 0.15) is 0 Å². The van der Waals surface area contributed by atoms with Crippen LogP contribution in [0.1, 0.15) is 11.3 Å². The lowest BCUT2D eigenvalue weighted by Crippen LogP contribution is -2.00. The fourth-order valence-electron chi connectivity index (χ4n) is 1.62. The SMILES string of the molecule is Cc1nn(C)cc1CNc1ccccc1Br. The number of aromatic nitrogens is 2. The molecule has 0 aliphatic rings. The molecule has 2 aromatic rings. The first-order chi connectivity index (χ1) is 7.66. The number of benzene rings is 1. The molecule has 0 spiro atoms. The Labute approximate surface area is 104 Å². The zero-order chi connectivity index (χ0) is 11.5. The summed E-state index contributed by atoms with van der Waals surface area (Å²) in [5.41, 5.74) is 3.39. The average Bonchev–Trinajstić information content (AvgIpc) is 2.56. The van der Waals surface area contributed by atoms with Gasteiger partial charge in [-0.3, -0.25) is 4.68 Å². The lowest BCUT2D eigenvalue weighted by Gasteiger charge is -2.07. The highest BCUT2D eigenvalue weighted by atomic mass is 79.9. The van der Waals surface area contributed by atoms with Crippen LogP contribution in [0.15, 0.2) is 34.9 Å². The molecule has 0 radical (unpaired) electrons. The predicted octanol–water partition coefficient (Wildman–Crippen LogP) is 3.10. The summed E-state index contributed by atoms with van der Waals surface area (Å²) in [6.45, 7) is 2.82. The Bertz CT molecular complexity index is 491. The Hall–Kier alpha value is -1.29. The van der Waals surface area contributed by atoms with E-state index in [0.717, 1.165) is 22.4 Å². The highest BCUT2D eigenvalue weighted by Gasteiger charge is 2.03. The molecule has 0 unspecified atom stereocenters. The van der Waals surface area contributed by atoms with Crippen molar-refractivity contribution in [2.45, 2.75) is 13.5 Å². The van der Waals surface area contributed by atoms with Crippen molar-refractivity contribution in [3.05, 3.63) is 46.2 Å². The van der Waals surface area contributed by atoms with Crippen LogP contribution in [0.5, 0.6) is 0 Å². The van der Waals surface area contributed by atoms with Gasteiger partial charge in [0.25, 0.3) is 0 Å².